The SMILES string of the molecule is N=C(N)N(C(=N)N)c1ccc(C(=O)O)cc1. The Morgan fingerprint density at radius 1 is 1.12 bits per heavy atom. The van der Waals surface area contributed by atoms with Crippen molar-refractivity contribution in [2.45, 2.75) is 0 Å². The van der Waals surface area contributed by atoms with E-state index in [2.05, 4.69) is 0 Å². The van der Waals surface area contributed by atoms with Gasteiger partial charge < -0.3 is 16.6 Å². The number of hydrogen-bond acceptors (Lipinski definition) is 3. The van der Waals surface area contributed by atoms with Crippen LogP contribution in [0.15, 0.2) is 24.3 Å². The highest BCUT2D eigenvalue weighted by molar-refractivity contribution is 6.14. The summed E-state index contributed by atoms with van der Waals surface area (Å²) < 4.78 is 0. The van der Waals surface area contributed by atoms with Gasteiger partial charge in [-0.1, -0.05) is 0 Å². The van der Waals surface area contributed by atoms with Gasteiger partial charge in [0.25, 0.3) is 0 Å². The smallest absolute Gasteiger partial charge is 0.335 e. The normalized spacial score (nSPS) is 9.50. The van der Waals surface area contributed by atoms with E-state index >= 15 is 0 Å². The molecule has 0 aliphatic heterocycles. The summed E-state index contributed by atoms with van der Waals surface area (Å²) in [7, 11) is 0. The van der Waals surface area contributed by atoms with E-state index in [0.29, 0.717) is 5.69 Å². The summed E-state index contributed by atoms with van der Waals surface area (Å²) in [6, 6.07) is 5.53. The number of aromatic carboxylic acids is 1. The molecule has 0 aliphatic rings. The zero-order valence-corrected chi connectivity index (χ0v) is 8.27. The summed E-state index contributed by atoms with van der Waals surface area (Å²) in [5.74, 6) is -1.87. The summed E-state index contributed by atoms with van der Waals surface area (Å²) in [6.07, 6.45) is 0. The molecule has 0 unspecified atom stereocenters. The lowest BCUT2D eigenvalue weighted by Gasteiger charge is -2.20. The second-order valence-corrected chi connectivity index (χ2v) is 2.96. The Morgan fingerprint density at radius 3 is 1.88 bits per heavy atom. The molecule has 0 radical (unpaired) electrons. The molecular weight excluding hydrogens is 210 g/mol. The molecule has 7 N–H and O–H groups in total. The number of carboxylic acid groups (broad SMARTS) is 1. The van der Waals surface area contributed by atoms with Gasteiger partial charge in [0.15, 0.2) is 11.9 Å². The van der Waals surface area contributed by atoms with E-state index in [4.69, 9.17) is 27.4 Å². The molecule has 0 saturated heterocycles. The van der Waals surface area contributed by atoms with Crippen LogP contribution in [0.5, 0.6) is 0 Å². The Kier molecular flexibility index (Phi) is 3.09. The Labute approximate surface area is 91.3 Å². The van der Waals surface area contributed by atoms with Crippen LogP contribution in [0.1, 0.15) is 10.4 Å². The number of nitrogens with zero attached hydrogens (tertiary/aromatic N) is 1. The lowest BCUT2D eigenvalue weighted by Crippen LogP contribution is -2.45. The number of benzene rings is 1. The van der Waals surface area contributed by atoms with Crippen molar-refractivity contribution in [2.24, 2.45) is 11.5 Å². The first-order valence-electron chi connectivity index (χ1n) is 4.25. The maximum absolute atomic E-state index is 10.6. The first-order valence-corrected chi connectivity index (χ1v) is 4.25. The van der Waals surface area contributed by atoms with Crippen LogP contribution in [0.4, 0.5) is 5.69 Å². The molecule has 0 amide bonds. The van der Waals surface area contributed by atoms with Crippen LogP contribution in [0.2, 0.25) is 0 Å². The van der Waals surface area contributed by atoms with E-state index in [1.807, 2.05) is 0 Å². The van der Waals surface area contributed by atoms with Gasteiger partial charge in [0.1, 0.15) is 0 Å². The third kappa shape index (κ3) is 2.27. The van der Waals surface area contributed by atoms with Gasteiger partial charge in [-0.05, 0) is 24.3 Å². The zero-order valence-electron chi connectivity index (χ0n) is 8.27. The van der Waals surface area contributed by atoms with E-state index in [9.17, 15) is 4.79 Å². The Balaban J connectivity index is 3.08. The van der Waals surface area contributed by atoms with Gasteiger partial charge in [-0.3, -0.25) is 15.7 Å². The molecule has 0 bridgehead atoms. The molecular formula is C9H11N5O2. The van der Waals surface area contributed by atoms with Gasteiger partial charge in [0, 0.05) is 0 Å². The van der Waals surface area contributed by atoms with Crippen LogP contribution in [0.25, 0.3) is 0 Å². The molecule has 0 aromatic heterocycles. The van der Waals surface area contributed by atoms with Gasteiger partial charge >= 0.3 is 5.97 Å². The largest absolute Gasteiger partial charge is 0.478 e. The molecule has 7 heteroatoms. The minimum Gasteiger partial charge on any atom is -0.478 e. The minimum absolute atomic E-state index is 0.107. The van der Waals surface area contributed by atoms with E-state index < -0.39 is 17.9 Å². The highest BCUT2D eigenvalue weighted by atomic mass is 16.4. The molecule has 1 aromatic rings. The highest BCUT2D eigenvalue weighted by Gasteiger charge is 2.13. The number of carbonyl (C=O) groups is 1. The Morgan fingerprint density at radius 2 is 1.56 bits per heavy atom. The molecule has 0 spiro atoms. The van der Waals surface area contributed by atoms with E-state index in [1.54, 1.807) is 0 Å². The molecule has 7 nitrogen and oxygen atoms in total. The van der Waals surface area contributed by atoms with Crippen LogP contribution in [0, 0.1) is 10.8 Å². The van der Waals surface area contributed by atoms with Crippen LogP contribution < -0.4 is 16.4 Å². The number of carboxylic acids is 1. The molecule has 0 fully saturated rings. The van der Waals surface area contributed by atoms with Crippen molar-refractivity contribution in [3.63, 3.8) is 0 Å². The monoisotopic (exact) mass is 221 g/mol. The van der Waals surface area contributed by atoms with Gasteiger partial charge in [0.2, 0.25) is 0 Å². The van der Waals surface area contributed by atoms with Gasteiger partial charge in [-0.15, -0.1) is 0 Å². The average molecular weight is 221 g/mol. The minimum atomic E-state index is -1.05. The summed E-state index contributed by atoms with van der Waals surface area (Å²) in [6.45, 7) is 0. The van der Waals surface area contributed by atoms with Crippen molar-refractivity contribution in [3.05, 3.63) is 29.8 Å². The molecule has 0 aliphatic carbocycles. The second-order valence-electron chi connectivity index (χ2n) is 2.96. The van der Waals surface area contributed by atoms with Crippen molar-refractivity contribution in [3.8, 4) is 0 Å². The summed E-state index contributed by atoms with van der Waals surface area (Å²) in [5.41, 5.74) is 11.0. The third-order valence-electron chi connectivity index (χ3n) is 1.85. The van der Waals surface area contributed by atoms with Crippen molar-refractivity contribution in [1.82, 2.24) is 0 Å². The van der Waals surface area contributed by atoms with Crippen LogP contribution >= 0.6 is 0 Å². The maximum atomic E-state index is 10.6. The lowest BCUT2D eigenvalue weighted by molar-refractivity contribution is 0.0697. The molecule has 1 aromatic carbocycles. The molecule has 1 rings (SSSR count). The fraction of sp³-hybridized carbons (Fsp3) is 0. The average Bonchev–Trinajstić information content (AvgIpc) is 2.17. The predicted octanol–water partition coefficient (Wildman–Crippen LogP) is -0.0219. The molecule has 0 heterocycles. The van der Waals surface area contributed by atoms with Gasteiger partial charge in [0.05, 0.1) is 11.3 Å². The third-order valence-corrected chi connectivity index (χ3v) is 1.85. The van der Waals surface area contributed by atoms with E-state index in [0.717, 1.165) is 4.90 Å². The second kappa shape index (κ2) is 4.30. The van der Waals surface area contributed by atoms with Crippen molar-refractivity contribution >= 4 is 23.6 Å². The fourth-order valence-electron chi connectivity index (χ4n) is 1.16. The van der Waals surface area contributed by atoms with Gasteiger partial charge in [-0.25, -0.2) is 4.79 Å². The number of nitrogens with two attached hydrogens (primary N) is 2. The number of guanidine groups is 2. The topological polar surface area (TPSA) is 140 Å². The van der Waals surface area contributed by atoms with Crippen LogP contribution in [-0.4, -0.2) is 23.0 Å². The molecule has 16 heavy (non-hydrogen) atoms. The van der Waals surface area contributed by atoms with Crippen LogP contribution in [0.3, 0.4) is 0 Å². The lowest BCUT2D eigenvalue weighted by atomic mass is 10.2. The zero-order chi connectivity index (χ0) is 12.3. The maximum Gasteiger partial charge on any atom is 0.335 e. The van der Waals surface area contributed by atoms with Crippen molar-refractivity contribution < 1.29 is 9.90 Å². The van der Waals surface area contributed by atoms with Crippen molar-refractivity contribution in [2.75, 3.05) is 4.90 Å². The van der Waals surface area contributed by atoms with E-state index in [-0.39, 0.29) is 5.56 Å². The number of hydrogen-bond donors (Lipinski definition) is 5. The van der Waals surface area contributed by atoms with Crippen LogP contribution in [-0.2, 0) is 0 Å². The van der Waals surface area contributed by atoms with Crippen molar-refractivity contribution in [1.29, 1.82) is 10.8 Å². The highest BCUT2D eigenvalue weighted by Crippen LogP contribution is 2.14. The standard InChI is InChI=1S/C9H11N5O2/c10-8(11)14(9(12)13)6-3-1-5(2-4-6)7(15)16/h1-4H,(H3,10,11)(H3,12,13)(H,15,16). The summed E-state index contributed by atoms with van der Waals surface area (Å²) >= 11 is 0. The fourth-order valence-corrected chi connectivity index (χ4v) is 1.16. The Bertz CT molecular complexity index is 426. The van der Waals surface area contributed by atoms with E-state index in [1.165, 1.54) is 24.3 Å². The Hall–Kier alpha value is -2.57. The first kappa shape index (κ1) is 11.5. The first-order chi connectivity index (χ1) is 7.43. The molecule has 0 saturated carbocycles. The number of nitrogens with one attached hydrogen (secondary N) is 2. The molecule has 0 atom stereocenters. The predicted molar refractivity (Wildman–Crippen MR) is 59.7 cm³/mol. The number of rotatable bonds is 2. The summed E-state index contributed by atoms with van der Waals surface area (Å²) in [5, 5.41) is 23.1. The summed E-state index contributed by atoms with van der Waals surface area (Å²) in [4.78, 5) is 11.6. The van der Waals surface area contributed by atoms with Gasteiger partial charge in [-0.2, -0.15) is 0 Å². The molecule has 84 valence electrons. The number of anilines is 1. The quantitative estimate of drug-likeness (QED) is 0.352.